The van der Waals surface area contributed by atoms with Crippen LogP contribution in [0, 0.1) is 13.8 Å². The van der Waals surface area contributed by atoms with Crippen molar-refractivity contribution in [1.82, 2.24) is 4.57 Å². The zero-order chi connectivity index (χ0) is 12.7. The number of hydrogen-bond donors (Lipinski definition) is 0. The first-order chi connectivity index (χ1) is 8.70. The van der Waals surface area contributed by atoms with E-state index in [0.29, 0.717) is 0 Å². The maximum Gasteiger partial charge on any atom is 0.0491 e. The lowest BCUT2D eigenvalue weighted by molar-refractivity contribution is 0.724. The molecule has 0 fully saturated rings. The highest BCUT2D eigenvalue weighted by molar-refractivity contribution is 6.08. The van der Waals surface area contributed by atoms with Crippen molar-refractivity contribution in [1.29, 1.82) is 0 Å². The van der Waals surface area contributed by atoms with Crippen LogP contribution in [0.25, 0.3) is 21.8 Å². The number of aryl methyl sites for hydroxylation is 3. The van der Waals surface area contributed by atoms with Crippen molar-refractivity contribution >= 4 is 21.8 Å². The molecule has 92 valence electrons. The second-order valence-corrected chi connectivity index (χ2v) is 5.19. The fourth-order valence-electron chi connectivity index (χ4n) is 2.80. The van der Waals surface area contributed by atoms with Gasteiger partial charge in [-0.2, -0.15) is 0 Å². The lowest BCUT2D eigenvalue weighted by Crippen LogP contribution is -1.95. The van der Waals surface area contributed by atoms with E-state index in [9.17, 15) is 0 Å². The molecule has 0 aliphatic carbocycles. The number of aromatic nitrogens is 1. The Morgan fingerprint density at radius 2 is 1.33 bits per heavy atom. The van der Waals surface area contributed by atoms with Crippen LogP contribution >= 0.6 is 0 Å². The van der Waals surface area contributed by atoms with Gasteiger partial charge < -0.3 is 4.57 Å². The fourth-order valence-corrected chi connectivity index (χ4v) is 2.80. The molecule has 1 nitrogen and oxygen atoms in total. The lowest BCUT2D eigenvalue weighted by atomic mass is 10.1. The third-order valence-electron chi connectivity index (χ3n) is 3.62. The molecule has 0 radical (unpaired) electrons. The van der Waals surface area contributed by atoms with E-state index in [-0.39, 0.29) is 0 Å². The first-order valence-electron chi connectivity index (χ1n) is 6.70. The molecule has 1 heteroatoms. The number of rotatable bonds is 2. The molecule has 0 aliphatic heterocycles. The molecule has 2 aromatic carbocycles. The molecule has 0 bridgehead atoms. The van der Waals surface area contributed by atoms with Crippen molar-refractivity contribution in [2.24, 2.45) is 0 Å². The highest BCUT2D eigenvalue weighted by Crippen LogP contribution is 2.30. The van der Waals surface area contributed by atoms with Gasteiger partial charge in [-0.25, -0.2) is 0 Å². The summed E-state index contributed by atoms with van der Waals surface area (Å²) >= 11 is 0. The van der Waals surface area contributed by atoms with E-state index in [4.69, 9.17) is 0 Å². The topological polar surface area (TPSA) is 4.93 Å². The Morgan fingerprint density at radius 3 is 1.78 bits per heavy atom. The van der Waals surface area contributed by atoms with Crippen molar-refractivity contribution in [2.45, 2.75) is 33.7 Å². The molecule has 0 spiro atoms. The Kier molecular flexibility index (Phi) is 2.62. The first kappa shape index (κ1) is 11.3. The van der Waals surface area contributed by atoms with Gasteiger partial charge >= 0.3 is 0 Å². The average Bonchev–Trinajstić information content (AvgIpc) is 2.64. The highest BCUT2D eigenvalue weighted by atomic mass is 15.0. The molecule has 0 aliphatic rings. The second-order valence-electron chi connectivity index (χ2n) is 5.19. The normalized spacial score (nSPS) is 11.5. The SMILES string of the molecule is CCCn1c2ccc(C)cc2c2cc(C)ccc21. The molecular weight excluding hydrogens is 218 g/mol. The van der Waals surface area contributed by atoms with Crippen LogP contribution in [0.4, 0.5) is 0 Å². The predicted octanol–water partition coefficient (Wildman–Crippen LogP) is 4.82. The lowest BCUT2D eigenvalue weighted by Gasteiger charge is -2.05. The molecule has 1 aromatic heterocycles. The highest BCUT2D eigenvalue weighted by Gasteiger charge is 2.09. The van der Waals surface area contributed by atoms with Crippen LogP contribution in [0.3, 0.4) is 0 Å². The van der Waals surface area contributed by atoms with Gasteiger partial charge in [0, 0.05) is 28.4 Å². The van der Waals surface area contributed by atoms with Gasteiger partial charge in [0.1, 0.15) is 0 Å². The summed E-state index contributed by atoms with van der Waals surface area (Å²) in [6.07, 6.45) is 1.17. The maximum atomic E-state index is 2.45. The molecule has 3 rings (SSSR count). The molecule has 1 heterocycles. The van der Waals surface area contributed by atoms with E-state index < -0.39 is 0 Å². The minimum Gasteiger partial charge on any atom is -0.340 e. The Bertz CT molecular complexity index is 660. The standard InChI is InChI=1S/C17H19N/c1-4-9-18-16-7-5-12(2)10-14(16)15-11-13(3)6-8-17(15)18/h5-8,10-11H,4,9H2,1-3H3. The van der Waals surface area contributed by atoms with Gasteiger partial charge in [0.15, 0.2) is 0 Å². The van der Waals surface area contributed by atoms with E-state index in [0.717, 1.165) is 6.54 Å². The van der Waals surface area contributed by atoms with Crippen molar-refractivity contribution in [3.63, 3.8) is 0 Å². The van der Waals surface area contributed by atoms with E-state index in [1.165, 1.54) is 39.4 Å². The van der Waals surface area contributed by atoms with Crippen molar-refractivity contribution < 1.29 is 0 Å². The fraction of sp³-hybridized carbons (Fsp3) is 0.294. The quantitative estimate of drug-likeness (QED) is 0.602. The van der Waals surface area contributed by atoms with Crippen LogP contribution in [0.15, 0.2) is 36.4 Å². The molecule has 0 amide bonds. The third kappa shape index (κ3) is 1.62. The Hall–Kier alpha value is -1.76. The number of hydrogen-bond acceptors (Lipinski definition) is 0. The van der Waals surface area contributed by atoms with Crippen LogP contribution < -0.4 is 0 Å². The van der Waals surface area contributed by atoms with Crippen LogP contribution in [-0.4, -0.2) is 4.57 Å². The second kappa shape index (κ2) is 4.16. The van der Waals surface area contributed by atoms with Gasteiger partial charge in [0.05, 0.1) is 0 Å². The number of nitrogens with zero attached hydrogens (tertiary/aromatic N) is 1. The van der Waals surface area contributed by atoms with E-state index in [1.54, 1.807) is 0 Å². The van der Waals surface area contributed by atoms with Crippen molar-refractivity contribution in [2.75, 3.05) is 0 Å². The van der Waals surface area contributed by atoms with Crippen molar-refractivity contribution in [3.05, 3.63) is 47.5 Å². The van der Waals surface area contributed by atoms with Crippen LogP contribution in [0.5, 0.6) is 0 Å². The molecule has 3 aromatic rings. The average molecular weight is 237 g/mol. The van der Waals surface area contributed by atoms with E-state index >= 15 is 0 Å². The summed E-state index contributed by atoms with van der Waals surface area (Å²) in [4.78, 5) is 0. The van der Waals surface area contributed by atoms with Crippen LogP contribution in [0.1, 0.15) is 24.5 Å². The minimum atomic E-state index is 1.09. The molecule has 0 atom stereocenters. The zero-order valence-electron chi connectivity index (χ0n) is 11.3. The van der Waals surface area contributed by atoms with Gasteiger partial charge in [-0.05, 0) is 44.5 Å². The number of benzene rings is 2. The molecule has 0 saturated carbocycles. The summed E-state index contributed by atoms with van der Waals surface area (Å²) in [6.45, 7) is 7.66. The molecule has 0 saturated heterocycles. The largest absolute Gasteiger partial charge is 0.340 e. The van der Waals surface area contributed by atoms with Crippen LogP contribution in [0.2, 0.25) is 0 Å². The van der Waals surface area contributed by atoms with Crippen LogP contribution in [-0.2, 0) is 6.54 Å². The smallest absolute Gasteiger partial charge is 0.0491 e. The third-order valence-corrected chi connectivity index (χ3v) is 3.62. The van der Waals surface area contributed by atoms with Gasteiger partial charge in [0.2, 0.25) is 0 Å². The molecule has 0 N–H and O–H groups in total. The van der Waals surface area contributed by atoms with E-state index in [2.05, 4.69) is 61.7 Å². The molecule has 0 unspecified atom stereocenters. The zero-order valence-corrected chi connectivity index (χ0v) is 11.3. The van der Waals surface area contributed by atoms with Gasteiger partial charge in [-0.1, -0.05) is 30.2 Å². The van der Waals surface area contributed by atoms with Gasteiger partial charge in [-0.15, -0.1) is 0 Å². The Balaban J connectivity index is 2.48. The van der Waals surface area contributed by atoms with Gasteiger partial charge in [0.25, 0.3) is 0 Å². The number of fused-ring (bicyclic) bond motifs is 3. The summed E-state index contributed by atoms with van der Waals surface area (Å²) in [5.74, 6) is 0. The maximum absolute atomic E-state index is 2.45. The minimum absolute atomic E-state index is 1.09. The Labute approximate surface area is 108 Å². The van der Waals surface area contributed by atoms with Gasteiger partial charge in [-0.3, -0.25) is 0 Å². The summed E-state index contributed by atoms with van der Waals surface area (Å²) < 4.78 is 2.45. The molecular formula is C17H19N. The van der Waals surface area contributed by atoms with E-state index in [1.807, 2.05) is 0 Å². The molecule has 18 heavy (non-hydrogen) atoms. The first-order valence-corrected chi connectivity index (χ1v) is 6.70. The van der Waals surface area contributed by atoms with Crippen molar-refractivity contribution in [3.8, 4) is 0 Å². The summed E-state index contributed by atoms with van der Waals surface area (Å²) in [7, 11) is 0. The monoisotopic (exact) mass is 237 g/mol. The summed E-state index contributed by atoms with van der Waals surface area (Å²) in [5.41, 5.74) is 5.39. The summed E-state index contributed by atoms with van der Waals surface area (Å²) in [6, 6.07) is 13.6. The summed E-state index contributed by atoms with van der Waals surface area (Å²) in [5, 5.41) is 2.78. The predicted molar refractivity (Wildman–Crippen MR) is 79.2 cm³/mol. The Morgan fingerprint density at radius 1 is 0.833 bits per heavy atom.